The first-order chi connectivity index (χ1) is 8.47. The molecule has 1 heterocycles. The van der Waals surface area contributed by atoms with Gasteiger partial charge >= 0.3 is 18.0 Å². The Hall–Kier alpha value is -1.79. The van der Waals surface area contributed by atoms with Crippen LogP contribution < -0.4 is 0 Å². The zero-order chi connectivity index (χ0) is 13.7. The van der Waals surface area contributed by atoms with Gasteiger partial charge in [-0.25, -0.2) is 9.59 Å². The van der Waals surface area contributed by atoms with Gasteiger partial charge in [-0.1, -0.05) is 0 Å². The molecule has 1 unspecified atom stereocenters. The quantitative estimate of drug-likeness (QED) is 0.725. The minimum absolute atomic E-state index is 0.112. The molecule has 0 aromatic carbocycles. The third kappa shape index (κ3) is 3.35. The highest BCUT2D eigenvalue weighted by Gasteiger charge is 2.36. The van der Waals surface area contributed by atoms with Crippen LogP contribution in [0.4, 0.5) is 4.79 Å². The number of aliphatic carboxylic acids is 1. The van der Waals surface area contributed by atoms with E-state index in [4.69, 9.17) is 5.11 Å². The van der Waals surface area contributed by atoms with Gasteiger partial charge in [0.05, 0.1) is 13.5 Å². The van der Waals surface area contributed by atoms with Gasteiger partial charge in [0, 0.05) is 20.1 Å². The van der Waals surface area contributed by atoms with Crippen molar-refractivity contribution in [3.05, 3.63) is 0 Å². The minimum Gasteiger partial charge on any atom is -0.481 e. The molecule has 1 aliphatic rings. The van der Waals surface area contributed by atoms with Crippen LogP contribution in [0, 0.1) is 0 Å². The fourth-order valence-electron chi connectivity index (χ4n) is 1.96. The Morgan fingerprint density at radius 2 is 2.11 bits per heavy atom. The van der Waals surface area contributed by atoms with Crippen molar-refractivity contribution in [2.24, 2.45) is 0 Å². The molecule has 2 amide bonds. The highest BCUT2D eigenvalue weighted by Crippen LogP contribution is 2.19. The van der Waals surface area contributed by atoms with Crippen molar-refractivity contribution in [1.82, 2.24) is 9.80 Å². The standard InChI is InChI=1S/C11H18N2O5/c1-12(7-5-9(14)15)11(17)13-6-3-4-8(13)10(16)18-2/h8H,3-7H2,1-2H3,(H,14,15). The number of urea groups is 1. The van der Waals surface area contributed by atoms with Crippen LogP contribution in [-0.2, 0) is 14.3 Å². The van der Waals surface area contributed by atoms with Gasteiger partial charge in [-0.15, -0.1) is 0 Å². The number of carbonyl (C=O) groups excluding carboxylic acids is 2. The molecule has 0 aromatic rings. The predicted molar refractivity (Wildman–Crippen MR) is 62.0 cm³/mol. The van der Waals surface area contributed by atoms with Crippen LogP contribution in [-0.4, -0.2) is 66.2 Å². The van der Waals surface area contributed by atoms with Crippen molar-refractivity contribution in [2.75, 3.05) is 27.2 Å². The summed E-state index contributed by atoms with van der Waals surface area (Å²) in [6, 6.07) is -0.876. The zero-order valence-corrected chi connectivity index (χ0v) is 10.6. The second-order valence-corrected chi connectivity index (χ2v) is 4.22. The molecule has 7 nitrogen and oxygen atoms in total. The lowest BCUT2D eigenvalue weighted by Crippen LogP contribution is -2.47. The van der Waals surface area contributed by atoms with Gasteiger partial charge in [0.25, 0.3) is 0 Å². The summed E-state index contributed by atoms with van der Waals surface area (Å²) in [4.78, 5) is 36.7. The van der Waals surface area contributed by atoms with Crippen molar-refractivity contribution in [3.8, 4) is 0 Å². The van der Waals surface area contributed by atoms with E-state index in [1.165, 1.54) is 24.0 Å². The number of esters is 1. The van der Waals surface area contributed by atoms with Gasteiger partial charge in [0.2, 0.25) is 0 Å². The fraction of sp³-hybridized carbons (Fsp3) is 0.727. The third-order valence-corrected chi connectivity index (χ3v) is 2.96. The summed E-state index contributed by atoms with van der Waals surface area (Å²) in [5, 5.41) is 8.56. The van der Waals surface area contributed by atoms with Gasteiger partial charge in [0.15, 0.2) is 0 Å². The normalized spacial score (nSPS) is 18.6. The van der Waals surface area contributed by atoms with E-state index in [1.54, 1.807) is 0 Å². The summed E-state index contributed by atoms with van der Waals surface area (Å²) in [5.74, 6) is -1.38. The number of hydrogen-bond acceptors (Lipinski definition) is 4. The molecular formula is C11H18N2O5. The summed E-state index contributed by atoms with van der Waals surface area (Å²) in [6.07, 6.45) is 1.22. The van der Waals surface area contributed by atoms with Gasteiger partial charge in [-0.3, -0.25) is 4.79 Å². The largest absolute Gasteiger partial charge is 0.481 e. The molecule has 0 radical (unpaired) electrons. The molecule has 1 rings (SSSR count). The van der Waals surface area contributed by atoms with Crippen LogP contribution in [0.1, 0.15) is 19.3 Å². The maximum atomic E-state index is 12.0. The molecule has 1 atom stereocenters. The van der Waals surface area contributed by atoms with Gasteiger partial charge in [-0.2, -0.15) is 0 Å². The van der Waals surface area contributed by atoms with E-state index in [1.807, 2.05) is 0 Å². The molecule has 1 fully saturated rings. The summed E-state index contributed by atoms with van der Waals surface area (Å²) in [7, 11) is 2.81. The van der Waals surface area contributed by atoms with Crippen molar-refractivity contribution < 1.29 is 24.2 Å². The van der Waals surface area contributed by atoms with E-state index < -0.39 is 18.0 Å². The van der Waals surface area contributed by atoms with E-state index >= 15 is 0 Å². The number of methoxy groups -OCH3 is 1. The van der Waals surface area contributed by atoms with Crippen LogP contribution in [0.25, 0.3) is 0 Å². The van der Waals surface area contributed by atoms with Crippen molar-refractivity contribution in [1.29, 1.82) is 0 Å². The number of carboxylic acid groups (broad SMARTS) is 1. The van der Waals surface area contributed by atoms with Crippen LogP contribution in [0.3, 0.4) is 0 Å². The van der Waals surface area contributed by atoms with Gasteiger partial charge in [0.1, 0.15) is 6.04 Å². The second kappa shape index (κ2) is 6.23. The molecule has 1 N–H and O–H groups in total. The topological polar surface area (TPSA) is 87.2 Å². The number of hydrogen-bond donors (Lipinski definition) is 1. The van der Waals surface area contributed by atoms with Gasteiger partial charge < -0.3 is 19.6 Å². The number of ether oxygens (including phenoxy) is 1. The Kier molecular flexibility index (Phi) is 4.94. The Morgan fingerprint density at radius 1 is 1.44 bits per heavy atom. The van der Waals surface area contributed by atoms with E-state index in [9.17, 15) is 14.4 Å². The molecule has 0 aliphatic carbocycles. The number of carboxylic acids is 1. The number of rotatable bonds is 4. The van der Waals surface area contributed by atoms with E-state index in [2.05, 4.69) is 4.74 Å². The maximum absolute atomic E-state index is 12.0. The number of amides is 2. The second-order valence-electron chi connectivity index (χ2n) is 4.22. The first-order valence-electron chi connectivity index (χ1n) is 5.78. The molecule has 0 bridgehead atoms. The number of nitrogens with zero attached hydrogens (tertiary/aromatic N) is 2. The SMILES string of the molecule is COC(=O)C1CCCN1C(=O)N(C)CCC(=O)O. The predicted octanol–water partition coefficient (Wildman–Crippen LogP) is 0.150. The monoisotopic (exact) mass is 258 g/mol. The molecule has 1 saturated heterocycles. The Labute approximate surface area is 105 Å². The molecule has 0 spiro atoms. The van der Waals surface area contributed by atoms with Crippen LogP contribution in [0.5, 0.6) is 0 Å². The average Bonchev–Trinajstić information content (AvgIpc) is 2.82. The molecule has 1 aliphatic heterocycles. The smallest absolute Gasteiger partial charge is 0.328 e. The molecule has 0 saturated carbocycles. The lowest BCUT2D eigenvalue weighted by Gasteiger charge is -2.27. The van der Waals surface area contributed by atoms with Crippen LogP contribution in [0.15, 0.2) is 0 Å². The number of carbonyl (C=O) groups is 3. The third-order valence-electron chi connectivity index (χ3n) is 2.96. The minimum atomic E-state index is -0.958. The number of likely N-dealkylation sites (tertiary alicyclic amines) is 1. The lowest BCUT2D eigenvalue weighted by molar-refractivity contribution is -0.145. The van der Waals surface area contributed by atoms with Crippen LogP contribution in [0.2, 0.25) is 0 Å². The molecule has 102 valence electrons. The summed E-state index contributed by atoms with van der Waals surface area (Å²) < 4.78 is 4.65. The first kappa shape index (κ1) is 14.3. The van der Waals surface area contributed by atoms with E-state index in [0.717, 1.165) is 6.42 Å². The Bertz CT molecular complexity index is 344. The molecule has 18 heavy (non-hydrogen) atoms. The molecule has 7 heteroatoms. The van der Waals surface area contributed by atoms with Crippen molar-refractivity contribution in [2.45, 2.75) is 25.3 Å². The molecule has 0 aromatic heterocycles. The van der Waals surface area contributed by atoms with E-state index in [0.29, 0.717) is 13.0 Å². The fourth-order valence-corrected chi connectivity index (χ4v) is 1.96. The molecular weight excluding hydrogens is 240 g/mol. The van der Waals surface area contributed by atoms with Crippen LogP contribution >= 0.6 is 0 Å². The zero-order valence-electron chi connectivity index (χ0n) is 10.6. The Balaban J connectivity index is 2.59. The van der Waals surface area contributed by atoms with Crippen molar-refractivity contribution in [3.63, 3.8) is 0 Å². The van der Waals surface area contributed by atoms with Crippen molar-refractivity contribution >= 4 is 18.0 Å². The first-order valence-corrected chi connectivity index (χ1v) is 5.78. The van der Waals surface area contributed by atoms with Gasteiger partial charge in [-0.05, 0) is 12.8 Å². The average molecular weight is 258 g/mol. The highest BCUT2D eigenvalue weighted by atomic mass is 16.5. The lowest BCUT2D eigenvalue weighted by atomic mass is 10.2. The summed E-state index contributed by atoms with van der Waals surface area (Å²) in [6.45, 7) is 0.620. The van der Waals surface area contributed by atoms with E-state index in [-0.39, 0.29) is 19.0 Å². The highest BCUT2D eigenvalue weighted by molar-refractivity contribution is 5.84. The Morgan fingerprint density at radius 3 is 2.67 bits per heavy atom. The maximum Gasteiger partial charge on any atom is 0.328 e. The summed E-state index contributed by atoms with van der Waals surface area (Å²) >= 11 is 0. The summed E-state index contributed by atoms with van der Waals surface area (Å²) in [5.41, 5.74) is 0.